The maximum Gasteiger partial charge on any atom is 0.329 e. The van der Waals surface area contributed by atoms with Crippen molar-refractivity contribution >= 4 is 17.8 Å². The maximum atomic E-state index is 11.4. The Kier molecular flexibility index (Phi) is 6.88. The normalized spacial score (nSPS) is 11.8. The highest BCUT2D eigenvalue weighted by Gasteiger charge is 2.22. The molecule has 0 aliphatic rings. The Morgan fingerprint density at radius 3 is 2.35 bits per heavy atom. The van der Waals surface area contributed by atoms with Gasteiger partial charge in [0, 0.05) is 20.5 Å². The average Bonchev–Trinajstić information content (AvgIpc) is 2.26. The SMILES string of the molecule is CNC(=O)CN(C)CC(NC(C)=O)C(=O)OC. The highest BCUT2D eigenvalue weighted by Crippen LogP contribution is 1.93. The van der Waals surface area contributed by atoms with Crippen LogP contribution in [-0.4, -0.2) is 63.0 Å². The van der Waals surface area contributed by atoms with E-state index in [1.54, 1.807) is 11.9 Å². The largest absolute Gasteiger partial charge is 0.467 e. The van der Waals surface area contributed by atoms with E-state index in [0.717, 1.165) is 0 Å². The lowest BCUT2D eigenvalue weighted by molar-refractivity contribution is -0.145. The van der Waals surface area contributed by atoms with Crippen molar-refractivity contribution in [3.8, 4) is 0 Å². The molecule has 7 heteroatoms. The molecule has 0 aromatic heterocycles. The van der Waals surface area contributed by atoms with Gasteiger partial charge in [0.05, 0.1) is 13.7 Å². The molecule has 0 aliphatic heterocycles. The lowest BCUT2D eigenvalue weighted by Gasteiger charge is -2.22. The summed E-state index contributed by atoms with van der Waals surface area (Å²) >= 11 is 0. The second-order valence-electron chi connectivity index (χ2n) is 3.65. The second-order valence-corrected chi connectivity index (χ2v) is 3.65. The number of amides is 2. The zero-order valence-corrected chi connectivity index (χ0v) is 10.6. The Morgan fingerprint density at radius 2 is 1.94 bits per heavy atom. The van der Waals surface area contributed by atoms with Gasteiger partial charge < -0.3 is 15.4 Å². The van der Waals surface area contributed by atoms with Crippen molar-refractivity contribution in [1.29, 1.82) is 0 Å². The van der Waals surface area contributed by atoms with Crippen molar-refractivity contribution in [2.75, 3.05) is 34.3 Å². The number of ether oxygens (including phenoxy) is 1. The third-order valence-corrected chi connectivity index (χ3v) is 2.05. The Bertz CT molecular complexity index is 293. The summed E-state index contributed by atoms with van der Waals surface area (Å²) in [6, 6.07) is -0.771. The first-order valence-electron chi connectivity index (χ1n) is 5.14. The highest BCUT2D eigenvalue weighted by atomic mass is 16.5. The van der Waals surface area contributed by atoms with Crippen molar-refractivity contribution in [2.45, 2.75) is 13.0 Å². The highest BCUT2D eigenvalue weighted by molar-refractivity contribution is 5.83. The number of nitrogens with zero attached hydrogens (tertiary/aromatic N) is 1. The third kappa shape index (κ3) is 6.52. The molecule has 17 heavy (non-hydrogen) atoms. The monoisotopic (exact) mass is 245 g/mol. The molecular formula is C10H19N3O4. The first-order valence-corrected chi connectivity index (χ1v) is 5.14. The molecule has 0 rings (SSSR count). The molecule has 7 nitrogen and oxygen atoms in total. The average molecular weight is 245 g/mol. The molecule has 0 heterocycles. The molecule has 98 valence electrons. The molecule has 0 radical (unpaired) electrons. The van der Waals surface area contributed by atoms with Crippen molar-refractivity contribution in [3.05, 3.63) is 0 Å². The maximum absolute atomic E-state index is 11.4. The molecule has 0 saturated carbocycles. The lowest BCUT2D eigenvalue weighted by Crippen LogP contribution is -2.49. The zero-order valence-electron chi connectivity index (χ0n) is 10.6. The van der Waals surface area contributed by atoms with E-state index >= 15 is 0 Å². The minimum atomic E-state index is -0.771. The number of methoxy groups -OCH3 is 1. The number of likely N-dealkylation sites (N-methyl/N-ethyl adjacent to an activating group) is 2. The van der Waals surface area contributed by atoms with Crippen LogP contribution >= 0.6 is 0 Å². The van der Waals surface area contributed by atoms with E-state index in [9.17, 15) is 14.4 Å². The summed E-state index contributed by atoms with van der Waals surface area (Å²) in [5.74, 6) is -1.03. The van der Waals surface area contributed by atoms with Crippen molar-refractivity contribution in [3.63, 3.8) is 0 Å². The molecule has 0 aliphatic carbocycles. The van der Waals surface area contributed by atoms with E-state index in [-0.39, 0.29) is 24.9 Å². The van der Waals surface area contributed by atoms with Crippen LogP contribution in [0.15, 0.2) is 0 Å². The second kappa shape index (κ2) is 7.61. The number of nitrogens with one attached hydrogen (secondary N) is 2. The fourth-order valence-electron chi connectivity index (χ4n) is 1.27. The van der Waals surface area contributed by atoms with Crippen LogP contribution in [-0.2, 0) is 19.1 Å². The van der Waals surface area contributed by atoms with E-state index in [1.807, 2.05) is 0 Å². The van der Waals surface area contributed by atoms with Crippen LogP contribution in [0, 0.1) is 0 Å². The Labute approximate surface area is 100 Å². The van der Waals surface area contributed by atoms with E-state index in [0.29, 0.717) is 0 Å². The van der Waals surface area contributed by atoms with Crippen molar-refractivity contribution in [1.82, 2.24) is 15.5 Å². The van der Waals surface area contributed by atoms with E-state index in [4.69, 9.17) is 0 Å². The van der Waals surface area contributed by atoms with Gasteiger partial charge in [0.2, 0.25) is 11.8 Å². The molecule has 1 atom stereocenters. The van der Waals surface area contributed by atoms with Gasteiger partial charge in [-0.1, -0.05) is 0 Å². The fourth-order valence-corrected chi connectivity index (χ4v) is 1.27. The fraction of sp³-hybridized carbons (Fsp3) is 0.700. The van der Waals surface area contributed by atoms with Crippen LogP contribution in [0.3, 0.4) is 0 Å². The standard InChI is InChI=1S/C10H19N3O4/c1-7(14)12-8(10(16)17-4)5-13(3)6-9(15)11-2/h8H,5-6H2,1-4H3,(H,11,15)(H,12,14). The van der Waals surface area contributed by atoms with Gasteiger partial charge in [-0.3, -0.25) is 14.5 Å². The number of rotatable bonds is 6. The summed E-state index contributed by atoms with van der Waals surface area (Å²) in [6.07, 6.45) is 0. The molecule has 1 unspecified atom stereocenters. The number of carbonyl (C=O) groups excluding carboxylic acids is 3. The van der Waals surface area contributed by atoms with Gasteiger partial charge >= 0.3 is 5.97 Å². The smallest absolute Gasteiger partial charge is 0.329 e. The summed E-state index contributed by atoms with van der Waals surface area (Å²) in [7, 11) is 4.45. The van der Waals surface area contributed by atoms with Gasteiger partial charge in [0.25, 0.3) is 0 Å². The van der Waals surface area contributed by atoms with Gasteiger partial charge in [-0.2, -0.15) is 0 Å². The number of hydrogen-bond donors (Lipinski definition) is 2. The lowest BCUT2D eigenvalue weighted by atomic mass is 10.2. The van der Waals surface area contributed by atoms with E-state index < -0.39 is 12.0 Å². The topological polar surface area (TPSA) is 87.7 Å². The summed E-state index contributed by atoms with van der Waals surface area (Å²) in [4.78, 5) is 35.0. The van der Waals surface area contributed by atoms with Crippen molar-refractivity contribution < 1.29 is 19.1 Å². The molecule has 0 saturated heterocycles. The van der Waals surface area contributed by atoms with Crippen LogP contribution in [0.4, 0.5) is 0 Å². The summed E-state index contributed by atoms with van der Waals surface area (Å²) in [5, 5.41) is 4.93. The predicted molar refractivity (Wildman–Crippen MR) is 61.2 cm³/mol. The third-order valence-electron chi connectivity index (χ3n) is 2.05. The van der Waals surface area contributed by atoms with Crippen LogP contribution in [0.5, 0.6) is 0 Å². The predicted octanol–water partition coefficient (Wildman–Crippen LogP) is -1.66. The molecular weight excluding hydrogens is 226 g/mol. The molecule has 0 fully saturated rings. The summed E-state index contributed by atoms with van der Waals surface area (Å²) < 4.78 is 4.56. The molecule has 2 amide bonds. The number of esters is 1. The first-order chi connectivity index (χ1) is 7.90. The molecule has 0 spiro atoms. The van der Waals surface area contributed by atoms with E-state index in [1.165, 1.54) is 21.1 Å². The minimum absolute atomic E-state index is 0.142. The van der Waals surface area contributed by atoms with Crippen molar-refractivity contribution in [2.24, 2.45) is 0 Å². The number of carbonyl (C=O) groups is 3. The molecule has 0 aromatic carbocycles. The van der Waals surface area contributed by atoms with Gasteiger partial charge in [-0.25, -0.2) is 4.79 Å². The van der Waals surface area contributed by atoms with Gasteiger partial charge in [-0.05, 0) is 7.05 Å². The zero-order chi connectivity index (χ0) is 13.4. The van der Waals surface area contributed by atoms with Crippen LogP contribution in [0.2, 0.25) is 0 Å². The minimum Gasteiger partial charge on any atom is -0.467 e. The number of hydrogen-bond acceptors (Lipinski definition) is 5. The van der Waals surface area contributed by atoms with E-state index in [2.05, 4.69) is 15.4 Å². The van der Waals surface area contributed by atoms with Crippen LogP contribution < -0.4 is 10.6 Å². The Morgan fingerprint density at radius 1 is 1.35 bits per heavy atom. The van der Waals surface area contributed by atoms with Crippen LogP contribution in [0.1, 0.15) is 6.92 Å². The first kappa shape index (κ1) is 15.4. The Hall–Kier alpha value is -1.63. The molecule has 0 aromatic rings. The van der Waals surface area contributed by atoms with Gasteiger partial charge in [0.1, 0.15) is 6.04 Å². The summed E-state index contributed by atoms with van der Waals surface area (Å²) in [5.41, 5.74) is 0. The quantitative estimate of drug-likeness (QED) is 0.547. The van der Waals surface area contributed by atoms with Gasteiger partial charge in [-0.15, -0.1) is 0 Å². The molecule has 2 N–H and O–H groups in total. The summed E-state index contributed by atoms with van der Waals surface area (Å²) in [6.45, 7) is 1.66. The molecule has 0 bridgehead atoms. The Balaban J connectivity index is 4.36. The van der Waals surface area contributed by atoms with Gasteiger partial charge in [0.15, 0.2) is 0 Å². The van der Waals surface area contributed by atoms with Crippen LogP contribution in [0.25, 0.3) is 0 Å².